The van der Waals surface area contributed by atoms with Crippen molar-refractivity contribution in [2.24, 2.45) is 0 Å². The number of halogens is 1. The Balaban J connectivity index is 2.30. The summed E-state index contributed by atoms with van der Waals surface area (Å²) in [5.41, 5.74) is 7.15. The molecule has 0 aromatic heterocycles. The van der Waals surface area contributed by atoms with Crippen LogP contribution in [-0.4, -0.2) is 19.0 Å². The van der Waals surface area contributed by atoms with Crippen molar-refractivity contribution in [3.63, 3.8) is 0 Å². The van der Waals surface area contributed by atoms with Crippen LogP contribution in [0.3, 0.4) is 0 Å². The normalized spacial score (nSPS) is 10.0. The number of carbonyl (C=O) groups excluding carboxylic acids is 2. The molecule has 0 spiro atoms. The van der Waals surface area contributed by atoms with Crippen LogP contribution in [0, 0.1) is 0 Å². The first-order valence-corrected chi connectivity index (χ1v) is 6.86. The van der Waals surface area contributed by atoms with E-state index >= 15 is 0 Å². The van der Waals surface area contributed by atoms with Gasteiger partial charge in [-0.15, -0.1) is 0 Å². The van der Waals surface area contributed by atoms with Crippen molar-refractivity contribution >= 4 is 39.2 Å². The first-order chi connectivity index (χ1) is 10.0. The number of methoxy groups -OCH3 is 1. The summed E-state index contributed by atoms with van der Waals surface area (Å²) in [7, 11) is 1.29. The van der Waals surface area contributed by atoms with Gasteiger partial charge in [-0.3, -0.25) is 4.79 Å². The van der Waals surface area contributed by atoms with E-state index in [1.54, 1.807) is 42.5 Å². The van der Waals surface area contributed by atoms with Crippen LogP contribution in [0.5, 0.6) is 0 Å². The molecule has 21 heavy (non-hydrogen) atoms. The average Bonchev–Trinajstić information content (AvgIpc) is 2.46. The molecular formula is C15H13BrN2O3. The Morgan fingerprint density at radius 1 is 1.14 bits per heavy atom. The van der Waals surface area contributed by atoms with Crippen molar-refractivity contribution in [3.8, 4) is 0 Å². The van der Waals surface area contributed by atoms with Crippen LogP contribution < -0.4 is 11.1 Å². The van der Waals surface area contributed by atoms with E-state index in [0.29, 0.717) is 16.9 Å². The molecule has 0 aliphatic rings. The van der Waals surface area contributed by atoms with Crippen LogP contribution in [0.4, 0.5) is 11.4 Å². The average molecular weight is 349 g/mol. The highest BCUT2D eigenvalue weighted by molar-refractivity contribution is 9.10. The third kappa shape index (κ3) is 3.41. The van der Waals surface area contributed by atoms with Crippen LogP contribution in [0.1, 0.15) is 20.7 Å². The maximum absolute atomic E-state index is 12.3. The van der Waals surface area contributed by atoms with Gasteiger partial charge in [0.05, 0.1) is 23.9 Å². The van der Waals surface area contributed by atoms with Gasteiger partial charge < -0.3 is 15.8 Å². The predicted molar refractivity (Wildman–Crippen MR) is 84.3 cm³/mol. The minimum atomic E-state index is -0.519. The number of para-hydroxylation sites is 1. The fourth-order valence-electron chi connectivity index (χ4n) is 1.81. The SMILES string of the molecule is COC(=O)c1ccccc1NC(=O)c1ccc(Br)cc1N. The molecule has 0 saturated carbocycles. The molecule has 0 fully saturated rings. The molecule has 0 heterocycles. The van der Waals surface area contributed by atoms with E-state index in [2.05, 4.69) is 26.0 Å². The second-order valence-corrected chi connectivity index (χ2v) is 5.14. The molecule has 0 radical (unpaired) electrons. The van der Waals surface area contributed by atoms with Crippen molar-refractivity contribution in [2.45, 2.75) is 0 Å². The summed E-state index contributed by atoms with van der Waals surface area (Å²) in [6.07, 6.45) is 0. The lowest BCUT2D eigenvalue weighted by molar-refractivity contribution is 0.0602. The topological polar surface area (TPSA) is 81.4 Å². The van der Waals surface area contributed by atoms with Crippen LogP contribution in [0.2, 0.25) is 0 Å². The van der Waals surface area contributed by atoms with E-state index in [1.165, 1.54) is 7.11 Å². The smallest absolute Gasteiger partial charge is 0.339 e. The van der Waals surface area contributed by atoms with Gasteiger partial charge in [-0.25, -0.2) is 4.79 Å². The summed E-state index contributed by atoms with van der Waals surface area (Å²) in [5, 5.41) is 2.67. The van der Waals surface area contributed by atoms with Gasteiger partial charge in [0.15, 0.2) is 0 Å². The van der Waals surface area contributed by atoms with Gasteiger partial charge in [0.1, 0.15) is 0 Å². The van der Waals surface area contributed by atoms with Crippen molar-refractivity contribution < 1.29 is 14.3 Å². The Morgan fingerprint density at radius 3 is 2.52 bits per heavy atom. The van der Waals surface area contributed by atoms with Gasteiger partial charge >= 0.3 is 5.97 Å². The molecular weight excluding hydrogens is 336 g/mol. The molecule has 2 aromatic rings. The predicted octanol–water partition coefficient (Wildman–Crippen LogP) is 3.07. The molecule has 0 saturated heterocycles. The number of carbonyl (C=O) groups is 2. The van der Waals surface area contributed by atoms with Crippen LogP contribution in [0.15, 0.2) is 46.9 Å². The summed E-state index contributed by atoms with van der Waals surface area (Å²) in [5.74, 6) is -0.911. The standard InChI is InChI=1S/C15H13BrN2O3/c1-21-15(20)11-4-2-3-5-13(11)18-14(19)10-7-6-9(16)8-12(10)17/h2-8H,17H2,1H3,(H,18,19). The third-order valence-electron chi connectivity index (χ3n) is 2.84. The van der Waals surface area contributed by atoms with Crippen molar-refractivity contribution in [3.05, 3.63) is 58.1 Å². The Morgan fingerprint density at radius 2 is 1.86 bits per heavy atom. The van der Waals surface area contributed by atoms with Crippen molar-refractivity contribution in [1.29, 1.82) is 0 Å². The molecule has 0 atom stereocenters. The number of nitrogen functional groups attached to an aromatic ring is 1. The number of anilines is 2. The lowest BCUT2D eigenvalue weighted by Gasteiger charge is -2.11. The van der Waals surface area contributed by atoms with E-state index in [0.717, 1.165) is 4.47 Å². The molecule has 2 aromatic carbocycles. The molecule has 0 bridgehead atoms. The lowest BCUT2D eigenvalue weighted by atomic mass is 10.1. The molecule has 5 nitrogen and oxygen atoms in total. The van der Waals surface area contributed by atoms with Crippen molar-refractivity contribution in [1.82, 2.24) is 0 Å². The monoisotopic (exact) mass is 348 g/mol. The zero-order chi connectivity index (χ0) is 15.4. The molecule has 6 heteroatoms. The molecule has 0 aliphatic heterocycles. The highest BCUT2D eigenvalue weighted by Gasteiger charge is 2.15. The van der Waals surface area contributed by atoms with E-state index in [-0.39, 0.29) is 5.56 Å². The van der Waals surface area contributed by atoms with Gasteiger partial charge in [-0.05, 0) is 30.3 Å². The number of amides is 1. The highest BCUT2D eigenvalue weighted by Crippen LogP contribution is 2.21. The first-order valence-electron chi connectivity index (χ1n) is 6.06. The van der Waals surface area contributed by atoms with Gasteiger partial charge in [-0.2, -0.15) is 0 Å². The maximum Gasteiger partial charge on any atom is 0.339 e. The van der Waals surface area contributed by atoms with Gasteiger partial charge in [-0.1, -0.05) is 28.1 Å². The van der Waals surface area contributed by atoms with Gasteiger partial charge in [0, 0.05) is 10.2 Å². The number of hydrogen-bond donors (Lipinski definition) is 2. The van der Waals surface area contributed by atoms with Crippen molar-refractivity contribution in [2.75, 3.05) is 18.2 Å². The zero-order valence-corrected chi connectivity index (χ0v) is 12.8. The Hall–Kier alpha value is -2.34. The Kier molecular flexibility index (Phi) is 4.59. The number of nitrogens with two attached hydrogens (primary N) is 1. The number of benzene rings is 2. The molecule has 108 valence electrons. The quantitative estimate of drug-likeness (QED) is 0.659. The second-order valence-electron chi connectivity index (χ2n) is 4.22. The van der Waals surface area contributed by atoms with E-state index in [1.807, 2.05) is 0 Å². The van der Waals surface area contributed by atoms with Gasteiger partial charge in [0.2, 0.25) is 0 Å². The number of hydrogen-bond acceptors (Lipinski definition) is 4. The summed E-state index contributed by atoms with van der Waals surface area (Å²) in [6, 6.07) is 11.6. The second kappa shape index (κ2) is 6.41. The molecule has 0 aliphatic carbocycles. The van der Waals surface area contributed by atoms with E-state index in [9.17, 15) is 9.59 Å². The zero-order valence-electron chi connectivity index (χ0n) is 11.2. The highest BCUT2D eigenvalue weighted by atomic mass is 79.9. The number of nitrogens with one attached hydrogen (secondary N) is 1. The summed E-state index contributed by atoms with van der Waals surface area (Å²) < 4.78 is 5.47. The molecule has 3 N–H and O–H groups in total. The minimum Gasteiger partial charge on any atom is -0.465 e. The van der Waals surface area contributed by atoms with Crippen LogP contribution in [0.25, 0.3) is 0 Å². The molecule has 1 amide bonds. The van der Waals surface area contributed by atoms with Crippen LogP contribution >= 0.6 is 15.9 Å². The lowest BCUT2D eigenvalue weighted by Crippen LogP contribution is -2.16. The minimum absolute atomic E-state index is 0.282. The summed E-state index contributed by atoms with van der Waals surface area (Å²) in [4.78, 5) is 23.9. The number of esters is 1. The maximum atomic E-state index is 12.3. The largest absolute Gasteiger partial charge is 0.465 e. The molecule has 2 rings (SSSR count). The van der Waals surface area contributed by atoms with E-state index in [4.69, 9.17) is 5.73 Å². The molecule has 0 unspecified atom stereocenters. The Bertz CT molecular complexity index is 701. The van der Waals surface area contributed by atoms with Crippen LogP contribution in [-0.2, 0) is 4.74 Å². The Labute approximate surface area is 130 Å². The van der Waals surface area contributed by atoms with E-state index < -0.39 is 11.9 Å². The fourth-order valence-corrected chi connectivity index (χ4v) is 2.19. The summed E-state index contributed by atoms with van der Waals surface area (Å²) in [6.45, 7) is 0. The third-order valence-corrected chi connectivity index (χ3v) is 3.33. The summed E-state index contributed by atoms with van der Waals surface area (Å²) >= 11 is 3.28. The number of ether oxygens (including phenoxy) is 1. The first kappa shape index (κ1) is 15.1. The van der Waals surface area contributed by atoms with Gasteiger partial charge in [0.25, 0.3) is 5.91 Å². The number of rotatable bonds is 3. The fraction of sp³-hybridized carbons (Fsp3) is 0.0667.